The lowest BCUT2D eigenvalue weighted by Crippen LogP contribution is -2.49. The van der Waals surface area contributed by atoms with Crippen LogP contribution in [0.15, 0.2) is 17.5 Å². The predicted octanol–water partition coefficient (Wildman–Crippen LogP) is 3.94. The van der Waals surface area contributed by atoms with E-state index in [0.29, 0.717) is 12.5 Å². The lowest BCUT2D eigenvalue weighted by Gasteiger charge is -2.42. The van der Waals surface area contributed by atoms with E-state index in [9.17, 15) is 9.90 Å². The van der Waals surface area contributed by atoms with Gasteiger partial charge in [-0.25, -0.2) is 0 Å². The number of likely N-dealkylation sites (tertiary alicyclic amines) is 1. The largest absolute Gasteiger partial charge is 0.480 e. The van der Waals surface area contributed by atoms with Crippen LogP contribution in [0.4, 0.5) is 0 Å². The summed E-state index contributed by atoms with van der Waals surface area (Å²) in [5.74, 6) is -0.153. The zero-order valence-electron chi connectivity index (χ0n) is 13.4. The molecule has 2 aromatic heterocycles. The molecule has 22 heavy (non-hydrogen) atoms. The van der Waals surface area contributed by atoms with Crippen molar-refractivity contribution in [1.82, 2.24) is 9.88 Å². The molecule has 1 aliphatic heterocycles. The van der Waals surface area contributed by atoms with Gasteiger partial charge in [0.05, 0.1) is 10.2 Å². The second-order valence-electron chi connectivity index (χ2n) is 7.42. The third kappa shape index (κ3) is 3.06. The van der Waals surface area contributed by atoms with E-state index in [-0.39, 0.29) is 11.5 Å². The number of hydrogen-bond acceptors (Lipinski definition) is 3. The fourth-order valence-corrected chi connectivity index (χ4v) is 4.22. The number of H-pyrrole nitrogens is 1. The van der Waals surface area contributed by atoms with Crippen LogP contribution in [-0.4, -0.2) is 33.5 Å². The molecule has 120 valence electrons. The first-order chi connectivity index (χ1) is 10.3. The maximum absolute atomic E-state index is 11.6. The number of aromatic nitrogens is 1. The fourth-order valence-electron chi connectivity index (χ4n) is 3.41. The molecule has 2 N–H and O–H groups in total. The van der Waals surface area contributed by atoms with Crippen molar-refractivity contribution in [3.05, 3.63) is 23.2 Å². The molecule has 0 saturated carbocycles. The average molecular weight is 320 g/mol. The first kappa shape index (κ1) is 15.6. The molecule has 3 rings (SSSR count). The van der Waals surface area contributed by atoms with Gasteiger partial charge in [0.1, 0.15) is 6.04 Å². The lowest BCUT2D eigenvalue weighted by atomic mass is 9.75. The molecule has 3 heterocycles. The smallest absolute Gasteiger partial charge is 0.320 e. The highest BCUT2D eigenvalue weighted by atomic mass is 32.1. The summed E-state index contributed by atoms with van der Waals surface area (Å²) in [4.78, 5) is 17.1. The van der Waals surface area contributed by atoms with Crippen LogP contribution in [0, 0.1) is 11.3 Å². The summed E-state index contributed by atoms with van der Waals surface area (Å²) < 4.78 is 1.24. The first-order valence-corrected chi connectivity index (χ1v) is 8.74. The number of carboxylic acid groups (broad SMARTS) is 1. The Balaban J connectivity index is 1.79. The second kappa shape index (κ2) is 5.70. The molecule has 0 bridgehead atoms. The fraction of sp³-hybridized carbons (Fsp3) is 0.588. The summed E-state index contributed by atoms with van der Waals surface area (Å²) in [5.41, 5.74) is 2.48. The van der Waals surface area contributed by atoms with Crippen LogP contribution in [0.3, 0.4) is 0 Å². The first-order valence-electron chi connectivity index (χ1n) is 7.86. The van der Waals surface area contributed by atoms with Gasteiger partial charge in [0.15, 0.2) is 0 Å². The monoisotopic (exact) mass is 320 g/mol. The third-order valence-corrected chi connectivity index (χ3v) is 5.73. The summed E-state index contributed by atoms with van der Waals surface area (Å²) >= 11 is 1.72. The van der Waals surface area contributed by atoms with Crippen molar-refractivity contribution in [3.8, 4) is 0 Å². The van der Waals surface area contributed by atoms with Crippen molar-refractivity contribution >= 4 is 27.5 Å². The number of hydrogen-bond donors (Lipinski definition) is 2. The minimum atomic E-state index is -0.694. The number of nitrogens with zero attached hydrogens (tertiary/aromatic N) is 1. The number of nitrogens with one attached hydrogen (secondary N) is 1. The highest BCUT2D eigenvalue weighted by Crippen LogP contribution is 2.36. The van der Waals surface area contributed by atoms with Gasteiger partial charge in [0.25, 0.3) is 0 Å². The Morgan fingerprint density at radius 1 is 1.45 bits per heavy atom. The van der Waals surface area contributed by atoms with Gasteiger partial charge in [-0.3, -0.25) is 9.69 Å². The van der Waals surface area contributed by atoms with Gasteiger partial charge in [0, 0.05) is 18.8 Å². The molecule has 5 heteroatoms. The number of piperidine rings is 1. The molecule has 1 fully saturated rings. The maximum atomic E-state index is 11.6. The van der Waals surface area contributed by atoms with E-state index in [1.165, 1.54) is 4.70 Å². The van der Waals surface area contributed by atoms with Crippen LogP contribution in [0.1, 0.15) is 39.3 Å². The Morgan fingerprint density at radius 2 is 2.23 bits per heavy atom. The molecule has 1 aliphatic rings. The Morgan fingerprint density at radius 3 is 2.86 bits per heavy atom. The number of aromatic amines is 1. The normalized spacial score (nSPS) is 24.0. The summed E-state index contributed by atoms with van der Waals surface area (Å²) in [5, 5.41) is 11.6. The summed E-state index contributed by atoms with van der Waals surface area (Å²) in [6, 6.07) is 3.87. The van der Waals surface area contributed by atoms with Crippen molar-refractivity contribution in [2.24, 2.45) is 11.3 Å². The van der Waals surface area contributed by atoms with Gasteiger partial charge >= 0.3 is 5.97 Å². The van der Waals surface area contributed by atoms with Crippen LogP contribution >= 0.6 is 11.3 Å². The molecule has 0 spiro atoms. The molecule has 0 aliphatic carbocycles. The molecule has 0 radical (unpaired) electrons. The Kier molecular flexibility index (Phi) is 4.03. The molecule has 2 aromatic rings. The van der Waals surface area contributed by atoms with E-state index in [2.05, 4.69) is 48.2 Å². The van der Waals surface area contributed by atoms with E-state index in [1.807, 2.05) is 0 Å². The number of carboxylic acids is 1. The van der Waals surface area contributed by atoms with E-state index in [0.717, 1.165) is 30.6 Å². The van der Waals surface area contributed by atoms with Gasteiger partial charge in [-0.2, -0.15) is 0 Å². The zero-order valence-corrected chi connectivity index (χ0v) is 14.2. The van der Waals surface area contributed by atoms with Gasteiger partial charge in [-0.15, -0.1) is 11.3 Å². The topological polar surface area (TPSA) is 56.3 Å². The maximum Gasteiger partial charge on any atom is 0.320 e. The quantitative estimate of drug-likeness (QED) is 0.900. The molecule has 2 unspecified atom stereocenters. The number of carbonyl (C=O) groups is 1. The minimum absolute atomic E-state index is 0.220. The van der Waals surface area contributed by atoms with Gasteiger partial charge in [0.2, 0.25) is 0 Å². The molecule has 4 nitrogen and oxygen atoms in total. The predicted molar refractivity (Wildman–Crippen MR) is 90.2 cm³/mol. The van der Waals surface area contributed by atoms with Gasteiger partial charge < -0.3 is 10.1 Å². The summed E-state index contributed by atoms with van der Waals surface area (Å²) in [6.45, 7) is 8.29. The van der Waals surface area contributed by atoms with E-state index < -0.39 is 5.97 Å². The highest BCUT2D eigenvalue weighted by Gasteiger charge is 2.37. The molecule has 0 aromatic carbocycles. The van der Waals surface area contributed by atoms with Crippen molar-refractivity contribution < 1.29 is 9.90 Å². The van der Waals surface area contributed by atoms with Crippen LogP contribution in [0.2, 0.25) is 0 Å². The van der Waals surface area contributed by atoms with E-state index >= 15 is 0 Å². The average Bonchev–Trinajstić information content (AvgIpc) is 2.98. The summed E-state index contributed by atoms with van der Waals surface area (Å²) in [7, 11) is 0. The zero-order chi connectivity index (χ0) is 15.9. The summed E-state index contributed by atoms with van der Waals surface area (Å²) in [6.07, 6.45) is 1.74. The van der Waals surface area contributed by atoms with Crippen LogP contribution < -0.4 is 0 Å². The number of thiophene rings is 1. The van der Waals surface area contributed by atoms with Crippen molar-refractivity contribution in [2.75, 3.05) is 6.54 Å². The van der Waals surface area contributed by atoms with Crippen LogP contribution in [0.25, 0.3) is 10.2 Å². The Labute approximate surface area is 135 Å². The van der Waals surface area contributed by atoms with Crippen molar-refractivity contribution in [3.63, 3.8) is 0 Å². The SMILES string of the molecule is CC(C)(C)C1CCC(C(=O)O)N(Cc2cc3sccc3[nH]2)C1. The highest BCUT2D eigenvalue weighted by molar-refractivity contribution is 7.17. The molecular formula is C17H24N2O2S. The molecular weight excluding hydrogens is 296 g/mol. The standard InChI is InChI=1S/C17H24N2O2S/c1-17(2,3)11-4-5-14(16(20)21)19(9-11)10-12-8-15-13(18-12)6-7-22-15/h6-8,11,14,18H,4-5,9-10H2,1-3H3,(H,20,21). The second-order valence-corrected chi connectivity index (χ2v) is 8.36. The Hall–Kier alpha value is -1.33. The van der Waals surface area contributed by atoms with Crippen molar-refractivity contribution in [1.29, 1.82) is 0 Å². The van der Waals surface area contributed by atoms with Gasteiger partial charge in [-0.05, 0) is 41.7 Å². The van der Waals surface area contributed by atoms with Crippen LogP contribution in [0.5, 0.6) is 0 Å². The number of fused-ring (bicyclic) bond motifs is 1. The number of aliphatic carboxylic acids is 1. The van der Waals surface area contributed by atoms with Crippen molar-refractivity contribution in [2.45, 2.75) is 46.2 Å². The van der Waals surface area contributed by atoms with Crippen LogP contribution in [-0.2, 0) is 11.3 Å². The van der Waals surface area contributed by atoms with E-state index in [1.54, 1.807) is 11.3 Å². The number of rotatable bonds is 3. The molecule has 1 saturated heterocycles. The third-order valence-electron chi connectivity index (χ3n) is 4.86. The van der Waals surface area contributed by atoms with Gasteiger partial charge in [-0.1, -0.05) is 20.8 Å². The molecule has 2 atom stereocenters. The minimum Gasteiger partial charge on any atom is -0.480 e. The van der Waals surface area contributed by atoms with E-state index in [4.69, 9.17) is 0 Å². The lowest BCUT2D eigenvalue weighted by molar-refractivity contribution is -0.146. The Bertz CT molecular complexity index is 639. The molecule has 0 amide bonds.